The van der Waals surface area contributed by atoms with E-state index in [1.54, 1.807) is 0 Å². The van der Waals surface area contributed by atoms with E-state index in [-0.39, 0.29) is 11.8 Å². The summed E-state index contributed by atoms with van der Waals surface area (Å²) in [4.78, 5) is 2.22. The Morgan fingerprint density at radius 2 is 1.94 bits per heavy atom. The highest BCUT2D eigenvalue weighted by Gasteiger charge is 2.21. The van der Waals surface area contributed by atoms with E-state index >= 15 is 0 Å². The summed E-state index contributed by atoms with van der Waals surface area (Å²) in [6.07, 6.45) is 3.22. The van der Waals surface area contributed by atoms with Crippen molar-refractivity contribution >= 4 is 21.6 Å². The molecule has 0 unspecified atom stereocenters. The topological polar surface area (TPSA) is 49.4 Å². The van der Waals surface area contributed by atoms with Gasteiger partial charge in [-0.2, -0.15) is 0 Å². The average Bonchev–Trinajstić information content (AvgIpc) is 2.21. The van der Waals surface area contributed by atoms with E-state index in [1.165, 1.54) is 0 Å². The number of halogens is 1. The maximum Gasteiger partial charge on any atom is 0.211 e. The van der Waals surface area contributed by atoms with E-state index in [9.17, 15) is 8.42 Å². The van der Waals surface area contributed by atoms with Crippen molar-refractivity contribution in [3.05, 3.63) is 0 Å². The molecular formula is C10H21ClN2O2S. The highest BCUT2D eigenvalue weighted by molar-refractivity contribution is 7.89. The van der Waals surface area contributed by atoms with Crippen LogP contribution in [0.15, 0.2) is 0 Å². The largest absolute Gasteiger partial charge is 0.306 e. The van der Waals surface area contributed by atoms with E-state index in [1.807, 2.05) is 0 Å². The zero-order chi connectivity index (χ0) is 12.0. The van der Waals surface area contributed by atoms with Crippen LogP contribution in [-0.4, -0.2) is 51.1 Å². The van der Waals surface area contributed by atoms with Gasteiger partial charge in [-0.3, -0.25) is 0 Å². The molecule has 0 aromatic heterocycles. The molecule has 6 heteroatoms. The fraction of sp³-hybridized carbons (Fsp3) is 1.00. The van der Waals surface area contributed by atoms with Gasteiger partial charge in [0.15, 0.2) is 0 Å². The van der Waals surface area contributed by atoms with Crippen LogP contribution in [0.4, 0.5) is 0 Å². The molecule has 0 atom stereocenters. The summed E-state index contributed by atoms with van der Waals surface area (Å²) >= 11 is 5.52. The van der Waals surface area contributed by atoms with Crippen molar-refractivity contribution < 1.29 is 8.42 Å². The molecule has 1 N–H and O–H groups in total. The van der Waals surface area contributed by atoms with Gasteiger partial charge in [-0.1, -0.05) is 0 Å². The Morgan fingerprint density at radius 1 is 1.31 bits per heavy atom. The van der Waals surface area contributed by atoms with Crippen LogP contribution in [0.5, 0.6) is 0 Å². The normalized spacial score (nSPS) is 20.1. The fourth-order valence-electron chi connectivity index (χ4n) is 1.83. The Morgan fingerprint density at radius 3 is 2.50 bits per heavy atom. The highest BCUT2D eigenvalue weighted by atomic mass is 35.5. The summed E-state index contributed by atoms with van der Waals surface area (Å²) in [5.41, 5.74) is 0. The van der Waals surface area contributed by atoms with Gasteiger partial charge in [0.05, 0.1) is 5.75 Å². The van der Waals surface area contributed by atoms with Crippen molar-refractivity contribution in [1.82, 2.24) is 9.62 Å². The van der Waals surface area contributed by atoms with Crippen molar-refractivity contribution in [1.29, 1.82) is 0 Å². The number of piperidine rings is 1. The first-order valence-electron chi connectivity index (χ1n) is 5.78. The standard InChI is InChI=1S/C10H21ClN2O2S/c1-13-7-4-10(5-8-13)12-16(14,15)9-3-2-6-11/h10,12H,2-9H2,1H3. The summed E-state index contributed by atoms with van der Waals surface area (Å²) < 4.78 is 26.2. The Labute approximate surface area is 103 Å². The van der Waals surface area contributed by atoms with Crippen LogP contribution in [0.25, 0.3) is 0 Å². The maximum atomic E-state index is 11.7. The zero-order valence-electron chi connectivity index (χ0n) is 9.78. The monoisotopic (exact) mass is 268 g/mol. The molecule has 1 aliphatic rings. The Hall–Kier alpha value is 0.160. The Balaban J connectivity index is 2.29. The van der Waals surface area contributed by atoms with Crippen molar-refractivity contribution in [2.75, 3.05) is 31.8 Å². The molecule has 1 heterocycles. The van der Waals surface area contributed by atoms with Crippen LogP contribution >= 0.6 is 11.6 Å². The van der Waals surface area contributed by atoms with Gasteiger partial charge in [-0.05, 0) is 45.8 Å². The molecule has 1 fully saturated rings. The number of rotatable bonds is 6. The maximum absolute atomic E-state index is 11.7. The van der Waals surface area contributed by atoms with E-state index in [2.05, 4.69) is 16.7 Å². The van der Waals surface area contributed by atoms with Crippen LogP contribution in [-0.2, 0) is 10.0 Å². The quantitative estimate of drug-likeness (QED) is 0.578. The van der Waals surface area contributed by atoms with Crippen LogP contribution in [0.1, 0.15) is 25.7 Å². The lowest BCUT2D eigenvalue weighted by atomic mass is 10.1. The molecule has 0 aliphatic carbocycles. The molecule has 96 valence electrons. The first kappa shape index (κ1) is 14.2. The second kappa shape index (κ2) is 6.79. The van der Waals surface area contributed by atoms with Gasteiger partial charge < -0.3 is 4.90 Å². The van der Waals surface area contributed by atoms with Crippen molar-refractivity contribution in [2.24, 2.45) is 0 Å². The van der Waals surface area contributed by atoms with Gasteiger partial charge >= 0.3 is 0 Å². The highest BCUT2D eigenvalue weighted by Crippen LogP contribution is 2.10. The van der Waals surface area contributed by atoms with Crippen molar-refractivity contribution in [3.8, 4) is 0 Å². The summed E-state index contributed by atoms with van der Waals surface area (Å²) in [7, 11) is -1.04. The minimum Gasteiger partial charge on any atom is -0.306 e. The number of alkyl halides is 1. The Kier molecular flexibility index (Phi) is 6.03. The van der Waals surface area contributed by atoms with E-state index in [0.29, 0.717) is 12.3 Å². The van der Waals surface area contributed by atoms with Gasteiger partial charge in [0, 0.05) is 11.9 Å². The molecule has 0 aromatic carbocycles. The predicted octanol–water partition coefficient (Wildman–Crippen LogP) is 1.02. The molecular weight excluding hydrogens is 248 g/mol. The molecule has 1 rings (SSSR count). The van der Waals surface area contributed by atoms with Gasteiger partial charge in [-0.15, -0.1) is 11.6 Å². The lowest BCUT2D eigenvalue weighted by Crippen LogP contribution is -2.44. The number of unbranched alkanes of at least 4 members (excludes halogenated alkanes) is 1. The summed E-state index contributed by atoms with van der Waals surface area (Å²) in [6.45, 7) is 1.93. The molecule has 1 aliphatic heterocycles. The van der Waals surface area contributed by atoms with Gasteiger partial charge in [0.2, 0.25) is 10.0 Å². The smallest absolute Gasteiger partial charge is 0.211 e. The van der Waals surface area contributed by atoms with Gasteiger partial charge in [-0.25, -0.2) is 13.1 Å². The molecule has 0 amide bonds. The van der Waals surface area contributed by atoms with E-state index in [4.69, 9.17) is 11.6 Å². The van der Waals surface area contributed by atoms with E-state index < -0.39 is 10.0 Å². The molecule has 0 aromatic rings. The third kappa shape index (κ3) is 5.48. The van der Waals surface area contributed by atoms with Crippen LogP contribution in [0.3, 0.4) is 0 Å². The summed E-state index contributed by atoms with van der Waals surface area (Å²) in [6, 6.07) is 0.122. The zero-order valence-corrected chi connectivity index (χ0v) is 11.4. The van der Waals surface area contributed by atoms with Crippen LogP contribution < -0.4 is 4.72 Å². The number of hydrogen-bond acceptors (Lipinski definition) is 3. The molecule has 0 bridgehead atoms. The molecule has 16 heavy (non-hydrogen) atoms. The lowest BCUT2D eigenvalue weighted by Gasteiger charge is -2.29. The van der Waals surface area contributed by atoms with Crippen molar-refractivity contribution in [3.63, 3.8) is 0 Å². The summed E-state index contributed by atoms with van der Waals surface area (Å²) in [5, 5.41) is 0. The summed E-state index contributed by atoms with van der Waals surface area (Å²) in [5.74, 6) is 0.732. The Bertz CT molecular complexity index is 287. The van der Waals surface area contributed by atoms with Gasteiger partial charge in [0.25, 0.3) is 0 Å². The van der Waals surface area contributed by atoms with Gasteiger partial charge in [0.1, 0.15) is 0 Å². The first-order valence-corrected chi connectivity index (χ1v) is 7.97. The molecule has 0 spiro atoms. The number of nitrogens with one attached hydrogen (secondary N) is 1. The number of hydrogen-bond donors (Lipinski definition) is 1. The molecule has 0 radical (unpaired) electrons. The third-order valence-corrected chi connectivity index (χ3v) is 4.65. The molecule has 0 saturated carbocycles. The fourth-order valence-corrected chi connectivity index (χ4v) is 3.46. The molecule has 1 saturated heterocycles. The SMILES string of the molecule is CN1CCC(NS(=O)(=O)CCCCCl)CC1. The van der Waals surface area contributed by atoms with E-state index in [0.717, 1.165) is 32.4 Å². The first-order chi connectivity index (χ1) is 7.53. The minimum absolute atomic E-state index is 0.122. The van der Waals surface area contributed by atoms with Crippen LogP contribution in [0, 0.1) is 0 Å². The number of sulfonamides is 1. The van der Waals surface area contributed by atoms with Crippen LogP contribution in [0.2, 0.25) is 0 Å². The number of nitrogens with zero attached hydrogens (tertiary/aromatic N) is 1. The second-order valence-electron chi connectivity index (χ2n) is 4.41. The average molecular weight is 269 g/mol. The molecule has 4 nitrogen and oxygen atoms in total. The lowest BCUT2D eigenvalue weighted by molar-refractivity contribution is 0.248. The second-order valence-corrected chi connectivity index (χ2v) is 6.66. The third-order valence-electron chi connectivity index (χ3n) is 2.86. The number of likely N-dealkylation sites (tertiary alicyclic amines) is 1. The minimum atomic E-state index is -3.10. The predicted molar refractivity (Wildman–Crippen MR) is 67.4 cm³/mol. The van der Waals surface area contributed by atoms with Crippen molar-refractivity contribution in [2.45, 2.75) is 31.7 Å².